The Kier molecular flexibility index (Phi) is 4.16. The van der Waals surface area contributed by atoms with Gasteiger partial charge in [0.25, 0.3) is 0 Å². The van der Waals surface area contributed by atoms with Crippen LogP contribution in [-0.4, -0.2) is 5.11 Å². The number of benzene rings is 1. The SMILES string of the molecule is N#CC1(C(O)c2cc(F)ccc2F)CCCCCC1. The van der Waals surface area contributed by atoms with Crippen LogP contribution in [0.1, 0.15) is 50.2 Å². The highest BCUT2D eigenvalue weighted by Crippen LogP contribution is 2.45. The summed E-state index contributed by atoms with van der Waals surface area (Å²) in [4.78, 5) is 0. The molecule has 19 heavy (non-hydrogen) atoms. The van der Waals surface area contributed by atoms with Crippen LogP contribution in [0.25, 0.3) is 0 Å². The zero-order valence-corrected chi connectivity index (χ0v) is 10.7. The van der Waals surface area contributed by atoms with Crippen LogP contribution in [0, 0.1) is 28.4 Å². The van der Waals surface area contributed by atoms with Crippen LogP contribution in [0.2, 0.25) is 0 Å². The first kappa shape index (κ1) is 14.0. The highest BCUT2D eigenvalue weighted by atomic mass is 19.1. The molecule has 102 valence electrons. The largest absolute Gasteiger partial charge is 0.387 e. The van der Waals surface area contributed by atoms with Crippen LogP contribution < -0.4 is 0 Å². The average molecular weight is 265 g/mol. The molecule has 0 aromatic heterocycles. The third kappa shape index (κ3) is 2.76. The first-order chi connectivity index (χ1) is 9.09. The maximum atomic E-state index is 13.7. The number of hydrogen-bond donors (Lipinski definition) is 1. The minimum atomic E-state index is -1.27. The number of nitrogens with zero attached hydrogens (tertiary/aromatic N) is 1. The Morgan fingerprint density at radius 3 is 2.37 bits per heavy atom. The molecular formula is C15H17F2NO. The van der Waals surface area contributed by atoms with E-state index in [0.717, 1.165) is 43.9 Å². The molecule has 0 heterocycles. The highest BCUT2D eigenvalue weighted by Gasteiger charge is 2.40. The highest BCUT2D eigenvalue weighted by molar-refractivity contribution is 5.25. The maximum Gasteiger partial charge on any atom is 0.129 e. The van der Waals surface area contributed by atoms with Gasteiger partial charge in [0.1, 0.15) is 17.7 Å². The molecule has 0 spiro atoms. The molecule has 0 amide bonds. The topological polar surface area (TPSA) is 44.0 Å². The minimum absolute atomic E-state index is 0.108. The Bertz CT molecular complexity index is 487. The van der Waals surface area contributed by atoms with Gasteiger partial charge in [-0.1, -0.05) is 25.7 Å². The molecular weight excluding hydrogens is 248 g/mol. The second-order valence-corrected chi connectivity index (χ2v) is 5.25. The molecule has 0 radical (unpaired) electrons. The van der Waals surface area contributed by atoms with Crippen LogP contribution in [0.3, 0.4) is 0 Å². The fourth-order valence-corrected chi connectivity index (χ4v) is 2.83. The molecule has 2 nitrogen and oxygen atoms in total. The van der Waals surface area contributed by atoms with Gasteiger partial charge in [-0.15, -0.1) is 0 Å². The van der Waals surface area contributed by atoms with E-state index in [-0.39, 0.29) is 5.56 Å². The fraction of sp³-hybridized carbons (Fsp3) is 0.533. The summed E-state index contributed by atoms with van der Waals surface area (Å²) in [5.74, 6) is -1.26. The van der Waals surface area contributed by atoms with E-state index in [1.54, 1.807) is 0 Å². The molecule has 4 heteroatoms. The van der Waals surface area contributed by atoms with E-state index < -0.39 is 23.2 Å². The summed E-state index contributed by atoms with van der Waals surface area (Å²) in [7, 11) is 0. The summed E-state index contributed by atoms with van der Waals surface area (Å²) in [5, 5.41) is 19.8. The first-order valence-electron chi connectivity index (χ1n) is 6.63. The third-order valence-electron chi connectivity index (χ3n) is 3.99. The smallest absolute Gasteiger partial charge is 0.129 e. The van der Waals surface area contributed by atoms with Crippen LogP contribution in [0.15, 0.2) is 18.2 Å². The van der Waals surface area contributed by atoms with Crippen molar-refractivity contribution < 1.29 is 13.9 Å². The van der Waals surface area contributed by atoms with Gasteiger partial charge in [-0.2, -0.15) is 5.26 Å². The summed E-state index contributed by atoms with van der Waals surface area (Å²) in [6, 6.07) is 5.16. The molecule has 0 bridgehead atoms. The van der Waals surface area contributed by atoms with Gasteiger partial charge in [-0.05, 0) is 31.0 Å². The zero-order valence-electron chi connectivity index (χ0n) is 10.7. The van der Waals surface area contributed by atoms with Gasteiger partial charge >= 0.3 is 0 Å². The van der Waals surface area contributed by atoms with Gasteiger partial charge in [0.2, 0.25) is 0 Å². The Morgan fingerprint density at radius 2 is 1.79 bits per heavy atom. The van der Waals surface area contributed by atoms with E-state index in [1.807, 2.05) is 0 Å². The lowest BCUT2D eigenvalue weighted by molar-refractivity contribution is 0.0484. The van der Waals surface area contributed by atoms with Crippen molar-refractivity contribution in [1.82, 2.24) is 0 Å². The second-order valence-electron chi connectivity index (χ2n) is 5.25. The maximum absolute atomic E-state index is 13.7. The summed E-state index contributed by atoms with van der Waals surface area (Å²) >= 11 is 0. The van der Waals surface area contributed by atoms with Crippen molar-refractivity contribution in [1.29, 1.82) is 5.26 Å². The number of rotatable bonds is 2. The lowest BCUT2D eigenvalue weighted by atomic mass is 9.74. The summed E-state index contributed by atoms with van der Waals surface area (Å²) < 4.78 is 27.0. The van der Waals surface area contributed by atoms with Crippen LogP contribution >= 0.6 is 0 Å². The van der Waals surface area contributed by atoms with Crippen molar-refractivity contribution in [3.63, 3.8) is 0 Å². The molecule has 1 unspecified atom stereocenters. The van der Waals surface area contributed by atoms with E-state index in [9.17, 15) is 19.1 Å². The molecule has 1 aliphatic rings. The van der Waals surface area contributed by atoms with Gasteiger partial charge < -0.3 is 5.11 Å². The number of hydrogen-bond acceptors (Lipinski definition) is 2. The van der Waals surface area contributed by atoms with E-state index in [4.69, 9.17) is 0 Å². The second kappa shape index (κ2) is 5.66. The number of nitriles is 1. The summed E-state index contributed by atoms with van der Waals surface area (Å²) in [5.41, 5.74) is -1.10. The van der Waals surface area contributed by atoms with Gasteiger partial charge in [-0.25, -0.2) is 8.78 Å². The molecule has 1 aliphatic carbocycles. The van der Waals surface area contributed by atoms with Crippen molar-refractivity contribution in [3.8, 4) is 6.07 Å². The van der Waals surface area contributed by atoms with Gasteiger partial charge in [0.05, 0.1) is 11.5 Å². The van der Waals surface area contributed by atoms with Gasteiger partial charge in [0, 0.05) is 5.56 Å². The summed E-state index contributed by atoms with van der Waals surface area (Å²) in [6.07, 6.45) is 3.49. The molecule has 0 saturated heterocycles. The molecule has 2 rings (SSSR count). The van der Waals surface area contributed by atoms with Crippen LogP contribution in [0.4, 0.5) is 8.78 Å². The van der Waals surface area contributed by atoms with Crippen molar-refractivity contribution in [3.05, 3.63) is 35.4 Å². The monoisotopic (exact) mass is 265 g/mol. The Hall–Kier alpha value is -1.47. The average Bonchev–Trinajstić information content (AvgIpc) is 2.67. The van der Waals surface area contributed by atoms with E-state index >= 15 is 0 Å². The minimum Gasteiger partial charge on any atom is -0.387 e. The molecule has 1 N–H and O–H groups in total. The number of aliphatic hydroxyl groups excluding tert-OH is 1. The van der Waals surface area contributed by atoms with Crippen LogP contribution in [0.5, 0.6) is 0 Å². The Labute approximate surface area is 111 Å². The van der Waals surface area contributed by atoms with E-state index in [0.29, 0.717) is 12.8 Å². The van der Waals surface area contributed by atoms with Gasteiger partial charge in [0.15, 0.2) is 0 Å². The first-order valence-corrected chi connectivity index (χ1v) is 6.63. The fourth-order valence-electron chi connectivity index (χ4n) is 2.83. The normalized spacial score (nSPS) is 20.3. The quantitative estimate of drug-likeness (QED) is 0.825. The number of aliphatic hydroxyl groups is 1. The standard InChI is InChI=1S/C15H17F2NO/c16-11-5-6-13(17)12(9-11)14(19)15(10-18)7-3-1-2-4-8-15/h5-6,9,14,19H,1-4,7-8H2. The Balaban J connectivity index is 2.37. The lowest BCUT2D eigenvalue weighted by Crippen LogP contribution is -2.27. The molecule has 1 fully saturated rings. The van der Waals surface area contributed by atoms with E-state index in [1.165, 1.54) is 0 Å². The van der Waals surface area contributed by atoms with Crippen molar-refractivity contribution >= 4 is 0 Å². The number of halogens is 2. The zero-order chi connectivity index (χ0) is 13.9. The van der Waals surface area contributed by atoms with Crippen molar-refractivity contribution in [2.45, 2.75) is 44.6 Å². The molecule has 1 saturated carbocycles. The Morgan fingerprint density at radius 1 is 1.16 bits per heavy atom. The van der Waals surface area contributed by atoms with Gasteiger partial charge in [-0.3, -0.25) is 0 Å². The molecule has 1 atom stereocenters. The summed E-state index contributed by atoms with van der Waals surface area (Å²) in [6.45, 7) is 0. The van der Waals surface area contributed by atoms with Crippen LogP contribution in [-0.2, 0) is 0 Å². The predicted molar refractivity (Wildman–Crippen MR) is 67.1 cm³/mol. The predicted octanol–water partition coefficient (Wildman–Crippen LogP) is 3.86. The molecule has 1 aromatic rings. The molecule has 0 aliphatic heterocycles. The molecule has 1 aromatic carbocycles. The third-order valence-corrected chi connectivity index (χ3v) is 3.99. The van der Waals surface area contributed by atoms with E-state index in [2.05, 4.69) is 6.07 Å². The lowest BCUT2D eigenvalue weighted by Gasteiger charge is -2.31. The van der Waals surface area contributed by atoms with Crippen molar-refractivity contribution in [2.75, 3.05) is 0 Å². The van der Waals surface area contributed by atoms with Crippen molar-refractivity contribution in [2.24, 2.45) is 5.41 Å².